The predicted molar refractivity (Wildman–Crippen MR) is 207 cm³/mol. The zero-order chi connectivity index (χ0) is 36.4. The molecule has 7 heteroatoms. The molecule has 1 aliphatic carbocycles. The summed E-state index contributed by atoms with van der Waals surface area (Å²) < 4.78 is 29.8. The summed E-state index contributed by atoms with van der Waals surface area (Å²) in [6.45, 7) is 1.83. The number of carbonyl (C=O) groups excluding carboxylic acids is 1. The number of fused-ring (bicyclic) bond motifs is 3. The van der Waals surface area contributed by atoms with E-state index in [-0.39, 0.29) is 18.6 Å². The van der Waals surface area contributed by atoms with Crippen LogP contribution in [0.1, 0.15) is 39.3 Å². The molecule has 0 aliphatic heterocycles. The molecule has 0 unspecified atom stereocenters. The number of ether oxygens (including phenoxy) is 5. The Morgan fingerprint density at radius 1 is 0.547 bits per heavy atom. The van der Waals surface area contributed by atoms with E-state index in [0.717, 1.165) is 22.3 Å². The van der Waals surface area contributed by atoms with Gasteiger partial charge in [0.05, 0.1) is 14.2 Å². The van der Waals surface area contributed by atoms with Crippen LogP contribution in [0, 0.1) is 0 Å². The van der Waals surface area contributed by atoms with Crippen molar-refractivity contribution in [1.82, 2.24) is 4.90 Å². The second-order valence-corrected chi connectivity index (χ2v) is 13.0. The van der Waals surface area contributed by atoms with Crippen LogP contribution in [0.5, 0.6) is 23.0 Å². The van der Waals surface area contributed by atoms with Gasteiger partial charge in [-0.2, -0.15) is 0 Å². The number of benzene rings is 6. The number of amides is 1. The van der Waals surface area contributed by atoms with E-state index >= 15 is 0 Å². The Labute approximate surface area is 311 Å². The fraction of sp³-hybridized carbons (Fsp3) is 0.196. The van der Waals surface area contributed by atoms with Crippen LogP contribution in [0.3, 0.4) is 0 Å². The smallest absolute Gasteiger partial charge is 0.410 e. The van der Waals surface area contributed by atoms with Crippen LogP contribution in [0.2, 0.25) is 0 Å². The molecule has 1 amide bonds. The molecule has 0 heterocycles. The van der Waals surface area contributed by atoms with Gasteiger partial charge in [-0.3, -0.25) is 0 Å². The molecule has 0 spiro atoms. The number of rotatable bonds is 15. The number of carbonyl (C=O) groups is 1. The minimum absolute atomic E-state index is 0.0398. The highest BCUT2D eigenvalue weighted by Gasteiger charge is 2.30. The molecule has 0 radical (unpaired) electrons. The van der Waals surface area contributed by atoms with Gasteiger partial charge in [0.25, 0.3) is 0 Å². The summed E-state index contributed by atoms with van der Waals surface area (Å²) in [4.78, 5) is 15.8. The topological polar surface area (TPSA) is 66.5 Å². The van der Waals surface area contributed by atoms with Crippen LogP contribution >= 0.6 is 0 Å². The first-order valence-corrected chi connectivity index (χ1v) is 17.9. The summed E-state index contributed by atoms with van der Waals surface area (Å²) in [6.07, 6.45) is 0.194. The molecule has 268 valence electrons. The van der Waals surface area contributed by atoms with Crippen molar-refractivity contribution in [1.29, 1.82) is 0 Å². The Morgan fingerprint density at radius 3 is 1.58 bits per heavy atom. The highest BCUT2D eigenvalue weighted by molar-refractivity contribution is 5.79. The molecule has 0 fully saturated rings. The van der Waals surface area contributed by atoms with Gasteiger partial charge >= 0.3 is 6.09 Å². The molecule has 7 nitrogen and oxygen atoms in total. The molecule has 0 N–H and O–H groups in total. The third-order valence-corrected chi connectivity index (χ3v) is 9.57. The van der Waals surface area contributed by atoms with Gasteiger partial charge in [0.2, 0.25) is 0 Å². The Morgan fingerprint density at radius 2 is 1.04 bits per heavy atom. The fourth-order valence-electron chi connectivity index (χ4n) is 6.79. The lowest BCUT2D eigenvalue weighted by molar-refractivity contribution is 0.0975. The van der Waals surface area contributed by atoms with Crippen molar-refractivity contribution >= 4 is 6.09 Å². The van der Waals surface area contributed by atoms with Gasteiger partial charge in [0.15, 0.2) is 23.0 Å². The van der Waals surface area contributed by atoms with E-state index in [2.05, 4.69) is 36.4 Å². The van der Waals surface area contributed by atoms with Crippen molar-refractivity contribution in [3.63, 3.8) is 0 Å². The Balaban J connectivity index is 1.08. The molecule has 7 rings (SSSR count). The second-order valence-electron chi connectivity index (χ2n) is 13.0. The van der Waals surface area contributed by atoms with Gasteiger partial charge in [-0.25, -0.2) is 4.79 Å². The first kappa shape index (κ1) is 35.2. The summed E-state index contributed by atoms with van der Waals surface area (Å²) in [5.41, 5.74) is 8.76. The molecule has 0 bridgehead atoms. The summed E-state index contributed by atoms with van der Waals surface area (Å²) >= 11 is 0. The van der Waals surface area contributed by atoms with Crippen LogP contribution < -0.4 is 18.9 Å². The Kier molecular flexibility index (Phi) is 11.2. The molecule has 0 aromatic heterocycles. The molecule has 0 saturated carbocycles. The number of hydrogen-bond donors (Lipinski definition) is 0. The zero-order valence-corrected chi connectivity index (χ0v) is 30.1. The first-order chi connectivity index (χ1) is 26.1. The average Bonchev–Trinajstić information content (AvgIpc) is 3.54. The fourth-order valence-corrected chi connectivity index (χ4v) is 6.79. The van der Waals surface area contributed by atoms with Gasteiger partial charge in [0, 0.05) is 19.0 Å². The SMILES string of the molecule is COc1cc(CCN(Cc2ccc(OCc3ccccc3)c(OC)c2)C(=O)OCC2c3ccccc3-c3ccccc32)ccc1OCc1ccccc1. The quantitative estimate of drug-likeness (QED) is 0.106. The van der Waals surface area contributed by atoms with E-state index in [1.165, 1.54) is 22.3 Å². The molecule has 53 heavy (non-hydrogen) atoms. The van der Waals surface area contributed by atoms with Crippen molar-refractivity contribution in [3.8, 4) is 34.1 Å². The van der Waals surface area contributed by atoms with E-state index in [4.69, 9.17) is 23.7 Å². The minimum Gasteiger partial charge on any atom is -0.493 e. The standard InChI is InChI=1S/C46H43NO6/c1-49-44-27-33(21-23-42(44)51-30-34-13-5-3-6-14-34)25-26-47(29-36-22-24-43(45(28-36)50-2)52-31-35-15-7-4-8-16-35)46(48)53-32-41-39-19-11-9-17-37(39)38-18-10-12-20-40(38)41/h3-24,27-28,41H,25-26,29-32H2,1-2H3. The third-order valence-electron chi connectivity index (χ3n) is 9.57. The molecule has 6 aromatic carbocycles. The molecule has 0 saturated heterocycles. The normalized spacial score (nSPS) is 11.7. The van der Waals surface area contributed by atoms with Gasteiger partial charge in [0.1, 0.15) is 19.8 Å². The minimum atomic E-state index is -0.384. The molecular formula is C46H43NO6. The van der Waals surface area contributed by atoms with Crippen LogP contribution in [0.25, 0.3) is 11.1 Å². The van der Waals surface area contributed by atoms with Crippen molar-refractivity contribution in [3.05, 3.63) is 179 Å². The largest absolute Gasteiger partial charge is 0.493 e. The van der Waals surface area contributed by atoms with Crippen LogP contribution in [-0.2, 0) is 30.9 Å². The maximum Gasteiger partial charge on any atom is 0.410 e. The number of nitrogens with zero attached hydrogens (tertiary/aromatic N) is 1. The highest BCUT2D eigenvalue weighted by atomic mass is 16.6. The summed E-state index contributed by atoms with van der Waals surface area (Å²) in [7, 11) is 3.26. The predicted octanol–water partition coefficient (Wildman–Crippen LogP) is 9.86. The van der Waals surface area contributed by atoms with Gasteiger partial charge < -0.3 is 28.6 Å². The molecule has 1 aliphatic rings. The van der Waals surface area contributed by atoms with E-state index in [0.29, 0.717) is 55.7 Å². The summed E-state index contributed by atoms with van der Waals surface area (Å²) in [5, 5.41) is 0. The lowest BCUT2D eigenvalue weighted by atomic mass is 9.98. The third kappa shape index (κ3) is 8.47. The maximum absolute atomic E-state index is 14.0. The average molecular weight is 706 g/mol. The van der Waals surface area contributed by atoms with Crippen molar-refractivity contribution < 1.29 is 28.5 Å². The van der Waals surface area contributed by atoms with E-state index in [1.807, 2.05) is 109 Å². The molecule has 6 aromatic rings. The van der Waals surface area contributed by atoms with Crippen molar-refractivity contribution in [2.75, 3.05) is 27.4 Å². The van der Waals surface area contributed by atoms with Gasteiger partial charge in [-0.05, 0) is 75.2 Å². The van der Waals surface area contributed by atoms with E-state index in [9.17, 15) is 4.79 Å². The zero-order valence-electron chi connectivity index (χ0n) is 30.1. The summed E-state index contributed by atoms with van der Waals surface area (Å²) in [5.74, 6) is 2.50. The van der Waals surface area contributed by atoms with Crippen LogP contribution in [-0.4, -0.2) is 38.4 Å². The number of hydrogen-bond acceptors (Lipinski definition) is 6. The van der Waals surface area contributed by atoms with Gasteiger partial charge in [-0.1, -0.05) is 121 Å². The van der Waals surface area contributed by atoms with E-state index in [1.54, 1.807) is 19.1 Å². The highest BCUT2D eigenvalue weighted by Crippen LogP contribution is 2.44. The second kappa shape index (κ2) is 16.9. The van der Waals surface area contributed by atoms with Crippen molar-refractivity contribution in [2.24, 2.45) is 0 Å². The monoisotopic (exact) mass is 705 g/mol. The maximum atomic E-state index is 14.0. The Bertz CT molecular complexity index is 2090. The molecular weight excluding hydrogens is 663 g/mol. The van der Waals surface area contributed by atoms with Gasteiger partial charge in [-0.15, -0.1) is 0 Å². The molecule has 0 atom stereocenters. The lowest BCUT2D eigenvalue weighted by Crippen LogP contribution is -2.34. The lowest BCUT2D eigenvalue weighted by Gasteiger charge is -2.24. The summed E-state index contributed by atoms with van der Waals surface area (Å²) in [6, 6.07) is 48.4. The Hall–Kier alpha value is -6.21. The van der Waals surface area contributed by atoms with Crippen LogP contribution in [0.4, 0.5) is 4.79 Å². The first-order valence-electron chi connectivity index (χ1n) is 17.9. The van der Waals surface area contributed by atoms with E-state index < -0.39 is 0 Å². The van der Waals surface area contributed by atoms with Crippen LogP contribution in [0.15, 0.2) is 146 Å². The van der Waals surface area contributed by atoms with Crippen molar-refractivity contribution in [2.45, 2.75) is 32.1 Å². The number of methoxy groups -OCH3 is 2.